The van der Waals surface area contributed by atoms with Gasteiger partial charge in [-0.1, -0.05) is 0 Å². The molecule has 0 unspecified atom stereocenters. The number of nitriles is 1. The Hall–Kier alpha value is -1.10. The molecule has 0 bridgehead atoms. The number of hydrogen-bond donors (Lipinski definition) is 1. The standard InChI is InChI=1S/C13H17N3O2S2/c1-19-12-5-2-10(3-6-12)16-20(17,18)13-7-4-11(8-14)15-9-13/h4,7,9-10,12,16H,2-3,5-6H2,1H3. The number of thioether (sulfide) groups is 1. The summed E-state index contributed by atoms with van der Waals surface area (Å²) in [5, 5.41) is 9.31. The van der Waals surface area contributed by atoms with Crippen molar-refractivity contribution in [2.45, 2.75) is 41.9 Å². The van der Waals surface area contributed by atoms with Gasteiger partial charge >= 0.3 is 0 Å². The van der Waals surface area contributed by atoms with E-state index >= 15 is 0 Å². The Morgan fingerprint density at radius 1 is 1.35 bits per heavy atom. The van der Waals surface area contributed by atoms with Gasteiger partial charge in [-0.05, 0) is 44.1 Å². The van der Waals surface area contributed by atoms with Crippen LogP contribution >= 0.6 is 11.8 Å². The predicted octanol–water partition coefficient (Wildman–Crippen LogP) is 1.91. The summed E-state index contributed by atoms with van der Waals surface area (Å²) in [5.74, 6) is 0. The maximum absolute atomic E-state index is 12.2. The van der Waals surface area contributed by atoms with Gasteiger partial charge in [-0.15, -0.1) is 0 Å². The summed E-state index contributed by atoms with van der Waals surface area (Å²) in [7, 11) is -3.54. The average Bonchev–Trinajstić information content (AvgIpc) is 2.48. The molecule has 1 fully saturated rings. The lowest BCUT2D eigenvalue weighted by Gasteiger charge is -2.27. The van der Waals surface area contributed by atoms with Gasteiger partial charge in [0.05, 0.1) is 0 Å². The molecular formula is C13H17N3O2S2. The van der Waals surface area contributed by atoms with Crippen LogP contribution in [0, 0.1) is 11.3 Å². The minimum Gasteiger partial charge on any atom is -0.244 e. The van der Waals surface area contributed by atoms with Crippen LogP contribution in [0.5, 0.6) is 0 Å². The van der Waals surface area contributed by atoms with Crippen LogP contribution in [-0.4, -0.2) is 30.9 Å². The van der Waals surface area contributed by atoms with Crippen molar-refractivity contribution in [1.29, 1.82) is 5.26 Å². The van der Waals surface area contributed by atoms with Crippen LogP contribution in [0.4, 0.5) is 0 Å². The van der Waals surface area contributed by atoms with Crippen LogP contribution in [0.15, 0.2) is 23.2 Å². The maximum atomic E-state index is 12.2. The third-order valence-corrected chi connectivity index (χ3v) is 6.13. The van der Waals surface area contributed by atoms with E-state index in [9.17, 15) is 8.42 Å². The van der Waals surface area contributed by atoms with Gasteiger partial charge in [0.1, 0.15) is 16.7 Å². The molecule has 1 heterocycles. The molecular weight excluding hydrogens is 294 g/mol. The van der Waals surface area contributed by atoms with Crippen molar-refractivity contribution < 1.29 is 8.42 Å². The van der Waals surface area contributed by atoms with Gasteiger partial charge in [0.25, 0.3) is 0 Å². The lowest BCUT2D eigenvalue weighted by Crippen LogP contribution is -2.38. The monoisotopic (exact) mass is 311 g/mol. The van der Waals surface area contributed by atoms with E-state index < -0.39 is 10.0 Å². The van der Waals surface area contributed by atoms with Crippen molar-refractivity contribution in [3.05, 3.63) is 24.0 Å². The molecule has 0 aromatic carbocycles. The van der Waals surface area contributed by atoms with Crippen molar-refractivity contribution in [3.63, 3.8) is 0 Å². The SMILES string of the molecule is CSC1CCC(NS(=O)(=O)c2ccc(C#N)nc2)CC1. The molecule has 0 saturated heterocycles. The number of nitrogens with one attached hydrogen (secondary N) is 1. The predicted molar refractivity (Wildman–Crippen MR) is 78.8 cm³/mol. The molecule has 0 radical (unpaired) electrons. The van der Waals surface area contributed by atoms with Gasteiger partial charge in [-0.25, -0.2) is 18.1 Å². The second-order valence-electron chi connectivity index (χ2n) is 4.82. The molecule has 1 N–H and O–H groups in total. The molecule has 1 saturated carbocycles. The number of aromatic nitrogens is 1. The van der Waals surface area contributed by atoms with E-state index in [1.54, 1.807) is 0 Å². The number of pyridine rings is 1. The van der Waals surface area contributed by atoms with Crippen molar-refractivity contribution in [2.75, 3.05) is 6.26 Å². The molecule has 2 rings (SSSR count). The fraction of sp³-hybridized carbons (Fsp3) is 0.538. The van der Waals surface area contributed by atoms with Crippen molar-refractivity contribution >= 4 is 21.8 Å². The fourth-order valence-electron chi connectivity index (χ4n) is 2.31. The zero-order chi connectivity index (χ0) is 14.6. The first-order chi connectivity index (χ1) is 9.55. The fourth-order valence-corrected chi connectivity index (χ4v) is 4.30. The summed E-state index contributed by atoms with van der Waals surface area (Å²) >= 11 is 1.85. The first kappa shape index (κ1) is 15.3. The highest BCUT2D eigenvalue weighted by atomic mass is 32.2. The Morgan fingerprint density at radius 3 is 2.55 bits per heavy atom. The van der Waals surface area contributed by atoms with Crippen molar-refractivity contribution in [2.24, 2.45) is 0 Å². The number of nitrogens with zero attached hydrogens (tertiary/aromatic N) is 2. The molecule has 1 aromatic rings. The normalized spacial score (nSPS) is 23.2. The number of sulfonamides is 1. The molecule has 1 aliphatic rings. The topological polar surface area (TPSA) is 82.9 Å². The zero-order valence-corrected chi connectivity index (χ0v) is 12.9. The first-order valence-electron chi connectivity index (χ1n) is 6.46. The Bertz CT molecular complexity index is 585. The van der Waals surface area contributed by atoms with Crippen LogP contribution in [0.2, 0.25) is 0 Å². The lowest BCUT2D eigenvalue weighted by atomic mass is 9.96. The van der Waals surface area contributed by atoms with Gasteiger partial charge in [0, 0.05) is 17.5 Å². The van der Waals surface area contributed by atoms with Crippen LogP contribution in [0.25, 0.3) is 0 Å². The molecule has 0 amide bonds. The van der Waals surface area contributed by atoms with Crippen molar-refractivity contribution in [1.82, 2.24) is 9.71 Å². The summed E-state index contributed by atoms with van der Waals surface area (Å²) in [6.45, 7) is 0. The van der Waals surface area contributed by atoms with E-state index in [1.165, 1.54) is 18.3 Å². The zero-order valence-electron chi connectivity index (χ0n) is 11.2. The first-order valence-corrected chi connectivity index (χ1v) is 9.23. The van der Waals surface area contributed by atoms with E-state index in [1.807, 2.05) is 17.8 Å². The highest BCUT2D eigenvalue weighted by Crippen LogP contribution is 2.27. The van der Waals surface area contributed by atoms with E-state index in [2.05, 4.69) is 16.0 Å². The second kappa shape index (κ2) is 6.57. The Morgan fingerprint density at radius 2 is 2.05 bits per heavy atom. The lowest BCUT2D eigenvalue weighted by molar-refractivity contribution is 0.420. The molecule has 20 heavy (non-hydrogen) atoms. The van der Waals surface area contributed by atoms with E-state index in [4.69, 9.17) is 5.26 Å². The highest BCUT2D eigenvalue weighted by molar-refractivity contribution is 7.99. The van der Waals surface area contributed by atoms with E-state index in [0.717, 1.165) is 25.7 Å². The second-order valence-corrected chi connectivity index (χ2v) is 7.67. The number of hydrogen-bond acceptors (Lipinski definition) is 5. The van der Waals surface area contributed by atoms with Crippen LogP contribution in [-0.2, 0) is 10.0 Å². The number of rotatable bonds is 4. The van der Waals surface area contributed by atoms with Gasteiger partial charge < -0.3 is 0 Å². The van der Waals surface area contributed by atoms with E-state index in [-0.39, 0.29) is 16.6 Å². The average molecular weight is 311 g/mol. The van der Waals surface area contributed by atoms with E-state index in [0.29, 0.717) is 5.25 Å². The summed E-state index contributed by atoms with van der Waals surface area (Å²) in [4.78, 5) is 3.91. The van der Waals surface area contributed by atoms with Gasteiger partial charge in [0.2, 0.25) is 10.0 Å². The molecule has 5 nitrogen and oxygen atoms in total. The summed E-state index contributed by atoms with van der Waals surface area (Å²) < 4.78 is 27.2. The molecule has 0 atom stereocenters. The largest absolute Gasteiger partial charge is 0.244 e. The van der Waals surface area contributed by atoms with Crippen LogP contribution in [0.1, 0.15) is 31.4 Å². The Balaban J connectivity index is 2.02. The van der Waals surface area contributed by atoms with Crippen LogP contribution < -0.4 is 4.72 Å². The molecule has 7 heteroatoms. The summed E-state index contributed by atoms with van der Waals surface area (Å²) in [6, 6.07) is 4.70. The minimum absolute atomic E-state index is 0.000886. The molecule has 0 aliphatic heterocycles. The molecule has 0 spiro atoms. The maximum Gasteiger partial charge on any atom is 0.242 e. The third kappa shape index (κ3) is 3.72. The Kier molecular flexibility index (Phi) is 5.02. The molecule has 108 valence electrons. The van der Waals surface area contributed by atoms with Gasteiger partial charge in [-0.2, -0.15) is 17.0 Å². The van der Waals surface area contributed by atoms with Crippen LogP contribution in [0.3, 0.4) is 0 Å². The quantitative estimate of drug-likeness (QED) is 0.918. The van der Waals surface area contributed by atoms with Gasteiger partial charge in [-0.3, -0.25) is 0 Å². The summed E-state index contributed by atoms with van der Waals surface area (Å²) in [5.41, 5.74) is 0.212. The molecule has 1 aromatic heterocycles. The van der Waals surface area contributed by atoms with Crippen molar-refractivity contribution in [3.8, 4) is 6.07 Å². The van der Waals surface area contributed by atoms with Gasteiger partial charge in [0.15, 0.2) is 0 Å². The molecule has 1 aliphatic carbocycles. The third-order valence-electron chi connectivity index (χ3n) is 3.49. The smallest absolute Gasteiger partial charge is 0.242 e. The summed E-state index contributed by atoms with van der Waals surface area (Å²) in [6.07, 6.45) is 7.15. The highest BCUT2D eigenvalue weighted by Gasteiger charge is 2.25. The Labute approximate surface area is 123 Å². The minimum atomic E-state index is -3.54.